The maximum Gasteiger partial charge on any atom is 0.0971 e. The summed E-state index contributed by atoms with van der Waals surface area (Å²) in [6.07, 6.45) is 3.37. The molecule has 1 fully saturated rings. The molecule has 4 heteroatoms. The zero-order valence-electron chi connectivity index (χ0n) is 10.7. The lowest BCUT2D eigenvalue weighted by Crippen LogP contribution is -2.27. The predicted molar refractivity (Wildman–Crippen MR) is 63.6 cm³/mol. The minimum atomic E-state index is -0.169. The van der Waals surface area contributed by atoms with Crippen LogP contribution in [0.4, 0.5) is 0 Å². The molecule has 1 aliphatic rings. The lowest BCUT2D eigenvalue weighted by Gasteiger charge is -2.14. The molecular weight excluding hydrogens is 206 g/mol. The average molecular weight is 231 g/mol. The summed E-state index contributed by atoms with van der Waals surface area (Å²) in [4.78, 5) is 2.38. The van der Waals surface area contributed by atoms with Gasteiger partial charge in [-0.2, -0.15) is 0 Å². The normalized spacial score (nSPS) is 28.5. The first kappa shape index (κ1) is 13.9. The van der Waals surface area contributed by atoms with E-state index < -0.39 is 0 Å². The Balaban J connectivity index is 2.15. The average Bonchev–Trinajstić information content (AvgIpc) is 2.66. The van der Waals surface area contributed by atoms with Crippen molar-refractivity contribution in [3.8, 4) is 0 Å². The Kier molecular flexibility index (Phi) is 6.28. The van der Waals surface area contributed by atoms with Crippen LogP contribution in [0.2, 0.25) is 0 Å². The summed E-state index contributed by atoms with van der Waals surface area (Å²) in [6.45, 7) is 4.84. The van der Waals surface area contributed by atoms with Gasteiger partial charge in [-0.3, -0.25) is 4.90 Å². The highest BCUT2D eigenvalue weighted by Crippen LogP contribution is 2.16. The Morgan fingerprint density at radius 3 is 2.19 bits per heavy atom. The van der Waals surface area contributed by atoms with E-state index in [9.17, 15) is 0 Å². The van der Waals surface area contributed by atoms with Crippen LogP contribution in [-0.2, 0) is 9.47 Å². The van der Waals surface area contributed by atoms with Crippen LogP contribution in [0.3, 0.4) is 0 Å². The largest absolute Gasteiger partial charge is 0.393 e. The first-order valence-electron chi connectivity index (χ1n) is 6.13. The molecule has 0 aromatic heterocycles. The summed E-state index contributed by atoms with van der Waals surface area (Å²) in [7, 11) is 3.49. The number of methoxy groups -OCH3 is 2. The summed E-state index contributed by atoms with van der Waals surface area (Å²) in [6, 6.07) is 0. The molecule has 0 saturated carbocycles. The van der Waals surface area contributed by atoms with Gasteiger partial charge in [0.2, 0.25) is 0 Å². The van der Waals surface area contributed by atoms with E-state index in [4.69, 9.17) is 14.6 Å². The number of likely N-dealkylation sites (tertiary alicyclic amines) is 1. The number of unbranched alkanes of at least 4 members (excludes halogenated alkanes) is 1. The van der Waals surface area contributed by atoms with Crippen molar-refractivity contribution in [3.63, 3.8) is 0 Å². The molecule has 0 amide bonds. The lowest BCUT2D eigenvalue weighted by molar-refractivity contribution is -0.00461. The maximum absolute atomic E-state index is 9.15. The van der Waals surface area contributed by atoms with Crippen LogP contribution in [-0.4, -0.2) is 62.2 Å². The molecule has 3 unspecified atom stereocenters. The number of ether oxygens (including phenoxy) is 2. The number of nitrogens with zero attached hydrogens (tertiary/aromatic N) is 1. The van der Waals surface area contributed by atoms with E-state index in [1.54, 1.807) is 14.2 Å². The van der Waals surface area contributed by atoms with Crippen molar-refractivity contribution in [1.29, 1.82) is 0 Å². The van der Waals surface area contributed by atoms with Gasteiger partial charge in [0.25, 0.3) is 0 Å². The summed E-state index contributed by atoms with van der Waals surface area (Å²) >= 11 is 0. The van der Waals surface area contributed by atoms with Gasteiger partial charge in [0.05, 0.1) is 18.3 Å². The van der Waals surface area contributed by atoms with Gasteiger partial charge in [-0.25, -0.2) is 0 Å². The van der Waals surface area contributed by atoms with E-state index in [0.717, 1.165) is 38.9 Å². The minimum Gasteiger partial charge on any atom is -0.393 e. The van der Waals surface area contributed by atoms with Gasteiger partial charge < -0.3 is 14.6 Å². The van der Waals surface area contributed by atoms with E-state index in [2.05, 4.69) is 4.90 Å². The topological polar surface area (TPSA) is 41.9 Å². The molecule has 0 bridgehead atoms. The second kappa shape index (κ2) is 7.22. The monoisotopic (exact) mass is 231 g/mol. The molecule has 3 atom stereocenters. The zero-order chi connectivity index (χ0) is 12.0. The highest BCUT2D eigenvalue weighted by molar-refractivity contribution is 4.85. The molecule has 1 aliphatic heterocycles. The van der Waals surface area contributed by atoms with Crippen molar-refractivity contribution in [1.82, 2.24) is 4.90 Å². The van der Waals surface area contributed by atoms with Crippen LogP contribution in [0.1, 0.15) is 26.2 Å². The number of hydrogen-bond donors (Lipinski definition) is 1. The standard InChI is InChI=1S/C12H25NO3/c1-10(14)6-4-5-7-13-8-11(15-2)12(9-13)16-3/h10-12,14H,4-9H2,1-3H3. The van der Waals surface area contributed by atoms with E-state index in [0.29, 0.717) is 0 Å². The summed E-state index contributed by atoms with van der Waals surface area (Å²) in [5.41, 5.74) is 0. The molecule has 1 rings (SSSR count). The van der Waals surface area contributed by atoms with Gasteiger partial charge in [0.1, 0.15) is 0 Å². The van der Waals surface area contributed by atoms with Crippen molar-refractivity contribution in [3.05, 3.63) is 0 Å². The van der Waals surface area contributed by atoms with Crippen molar-refractivity contribution < 1.29 is 14.6 Å². The van der Waals surface area contributed by atoms with Crippen LogP contribution in [0.5, 0.6) is 0 Å². The van der Waals surface area contributed by atoms with E-state index >= 15 is 0 Å². The third-order valence-electron chi connectivity index (χ3n) is 3.24. The van der Waals surface area contributed by atoms with Crippen LogP contribution in [0.25, 0.3) is 0 Å². The van der Waals surface area contributed by atoms with Crippen molar-refractivity contribution in [2.24, 2.45) is 0 Å². The smallest absolute Gasteiger partial charge is 0.0971 e. The summed E-state index contributed by atoms with van der Waals surface area (Å²) in [5.74, 6) is 0. The fourth-order valence-corrected chi connectivity index (χ4v) is 2.23. The van der Waals surface area contributed by atoms with Gasteiger partial charge in [-0.1, -0.05) is 0 Å². The van der Waals surface area contributed by atoms with E-state index in [1.807, 2.05) is 6.92 Å². The van der Waals surface area contributed by atoms with Crippen molar-refractivity contribution in [2.45, 2.75) is 44.5 Å². The van der Waals surface area contributed by atoms with Gasteiger partial charge >= 0.3 is 0 Å². The van der Waals surface area contributed by atoms with E-state index in [1.165, 1.54) is 0 Å². The number of hydrogen-bond acceptors (Lipinski definition) is 4. The Bertz CT molecular complexity index is 175. The lowest BCUT2D eigenvalue weighted by atomic mass is 10.2. The molecular formula is C12H25NO3. The minimum absolute atomic E-state index is 0.169. The summed E-state index contributed by atoms with van der Waals surface area (Å²) in [5, 5.41) is 9.15. The van der Waals surface area contributed by atoms with Gasteiger partial charge in [-0.05, 0) is 32.7 Å². The van der Waals surface area contributed by atoms with Crippen LogP contribution < -0.4 is 0 Å². The fraction of sp³-hybridized carbons (Fsp3) is 1.00. The van der Waals surface area contributed by atoms with Crippen LogP contribution in [0.15, 0.2) is 0 Å². The number of aliphatic hydroxyl groups excluding tert-OH is 1. The molecule has 1 saturated heterocycles. The predicted octanol–water partition coefficient (Wildman–Crippen LogP) is 0.883. The SMILES string of the molecule is COC1CN(CCCCC(C)O)CC1OC. The molecule has 4 nitrogen and oxygen atoms in total. The van der Waals surface area contributed by atoms with Crippen molar-refractivity contribution >= 4 is 0 Å². The Labute approximate surface area is 98.5 Å². The molecule has 16 heavy (non-hydrogen) atoms. The quantitative estimate of drug-likeness (QED) is 0.661. The fourth-order valence-electron chi connectivity index (χ4n) is 2.23. The number of rotatable bonds is 7. The van der Waals surface area contributed by atoms with E-state index in [-0.39, 0.29) is 18.3 Å². The highest BCUT2D eigenvalue weighted by atomic mass is 16.5. The van der Waals surface area contributed by atoms with Gasteiger partial charge in [0, 0.05) is 27.3 Å². The third kappa shape index (κ3) is 4.37. The molecule has 0 aromatic carbocycles. The summed E-state index contributed by atoms with van der Waals surface area (Å²) < 4.78 is 10.8. The second-order valence-corrected chi connectivity index (χ2v) is 4.65. The molecule has 0 aliphatic carbocycles. The molecule has 1 heterocycles. The first-order chi connectivity index (χ1) is 7.67. The molecule has 0 aromatic rings. The molecule has 96 valence electrons. The molecule has 0 radical (unpaired) electrons. The first-order valence-corrected chi connectivity index (χ1v) is 6.13. The maximum atomic E-state index is 9.15. The second-order valence-electron chi connectivity index (χ2n) is 4.65. The highest BCUT2D eigenvalue weighted by Gasteiger charge is 2.32. The Morgan fingerprint density at radius 2 is 1.75 bits per heavy atom. The zero-order valence-corrected chi connectivity index (χ0v) is 10.7. The van der Waals surface area contributed by atoms with Crippen LogP contribution >= 0.6 is 0 Å². The van der Waals surface area contributed by atoms with Gasteiger partial charge in [0.15, 0.2) is 0 Å². The third-order valence-corrected chi connectivity index (χ3v) is 3.24. The van der Waals surface area contributed by atoms with Gasteiger partial charge in [-0.15, -0.1) is 0 Å². The molecule has 0 spiro atoms. The van der Waals surface area contributed by atoms with Crippen molar-refractivity contribution in [2.75, 3.05) is 33.9 Å². The Morgan fingerprint density at radius 1 is 1.19 bits per heavy atom. The molecule has 1 N–H and O–H groups in total. The Hall–Kier alpha value is -0.160. The number of aliphatic hydroxyl groups is 1. The van der Waals surface area contributed by atoms with Crippen LogP contribution in [0, 0.1) is 0 Å².